The van der Waals surface area contributed by atoms with Crippen LogP contribution < -0.4 is 5.19 Å². The molecular formula is C17H28BrFN2OSSi. The van der Waals surface area contributed by atoms with Crippen molar-refractivity contribution in [3.63, 3.8) is 0 Å². The van der Waals surface area contributed by atoms with Crippen LogP contribution in [0.4, 0.5) is 4.39 Å². The van der Waals surface area contributed by atoms with Crippen LogP contribution >= 0.6 is 15.9 Å². The first kappa shape index (κ1) is 21.8. The number of aromatic nitrogens is 1. The normalized spacial score (nSPS) is 14.8. The zero-order valence-corrected chi connectivity index (χ0v) is 19.1. The third-order valence-corrected chi connectivity index (χ3v) is 12.1. The van der Waals surface area contributed by atoms with Crippen LogP contribution in [-0.2, 0) is 11.4 Å². The lowest BCUT2D eigenvalue weighted by Gasteiger charge is -2.29. The Bertz CT molecular complexity index is 607. The first-order valence-electron chi connectivity index (χ1n) is 8.36. The fourth-order valence-corrected chi connectivity index (χ4v) is 7.65. The fourth-order valence-electron chi connectivity index (χ4n) is 2.75. The second kappa shape index (κ2) is 8.43. The average molecular weight is 435 g/mol. The van der Waals surface area contributed by atoms with Crippen LogP contribution in [0.3, 0.4) is 0 Å². The van der Waals surface area contributed by atoms with Crippen molar-refractivity contribution in [2.24, 2.45) is 4.40 Å². The maximum Gasteiger partial charge on any atom is 0.150 e. The van der Waals surface area contributed by atoms with E-state index in [4.69, 9.17) is 0 Å². The molecule has 1 atom stereocenters. The van der Waals surface area contributed by atoms with Crippen LogP contribution in [0, 0.1) is 5.82 Å². The van der Waals surface area contributed by atoms with Gasteiger partial charge in [0.2, 0.25) is 0 Å². The molecule has 0 saturated heterocycles. The van der Waals surface area contributed by atoms with Gasteiger partial charge in [0.1, 0.15) is 37.9 Å². The molecule has 136 valence electrons. The molecule has 1 heterocycles. The van der Waals surface area contributed by atoms with Crippen molar-refractivity contribution in [2.45, 2.75) is 71.3 Å². The van der Waals surface area contributed by atoms with Crippen molar-refractivity contribution in [3.8, 4) is 0 Å². The molecule has 1 aromatic heterocycles. The minimum Gasteiger partial charge on any atom is -0.591 e. The summed E-state index contributed by atoms with van der Waals surface area (Å²) >= 11 is 1.98. The molecule has 0 spiro atoms. The Hall–Kier alpha value is -0.243. The number of pyridine rings is 1. The van der Waals surface area contributed by atoms with E-state index in [9.17, 15) is 4.55 Å². The minimum absolute atomic E-state index is 0.212. The van der Waals surface area contributed by atoms with Crippen molar-refractivity contribution >= 4 is 46.3 Å². The summed E-state index contributed by atoms with van der Waals surface area (Å²) in [4.78, 5) is 4.28. The first-order valence-corrected chi connectivity index (χ1v) is 12.9. The molecule has 0 aliphatic rings. The van der Waals surface area contributed by atoms with Gasteiger partial charge in [0.25, 0.3) is 0 Å². The third kappa shape index (κ3) is 4.68. The summed E-state index contributed by atoms with van der Waals surface area (Å²) in [7, 11) is -1.90. The zero-order valence-electron chi connectivity index (χ0n) is 15.7. The van der Waals surface area contributed by atoms with Crippen LogP contribution in [0.15, 0.2) is 15.1 Å². The molecule has 7 heteroatoms. The Balaban J connectivity index is 3.51. The molecule has 1 aromatic rings. The van der Waals surface area contributed by atoms with Gasteiger partial charge in [-0.2, -0.15) is 0 Å². The van der Waals surface area contributed by atoms with E-state index in [-0.39, 0.29) is 11.5 Å². The van der Waals surface area contributed by atoms with Gasteiger partial charge in [-0.05, 0) is 54.9 Å². The first-order chi connectivity index (χ1) is 11.0. The highest BCUT2D eigenvalue weighted by Gasteiger charge is 2.34. The van der Waals surface area contributed by atoms with Crippen LogP contribution in [-0.4, -0.2) is 28.1 Å². The Labute approximate surface area is 158 Å². The van der Waals surface area contributed by atoms with E-state index >= 15 is 4.39 Å². The maximum atomic E-state index is 15.3. The standard InChI is InChI=1S/C17H28BrFN2OSSi/c1-8-24(9-2,10-3)13-11-14(18)20-16(15(13)19)12(4)21-23(22)17(5,6)7/h11H,8-10H2,1-7H3/t23-/m0/s1. The number of nitrogens with zero attached hydrogens (tertiary/aromatic N) is 2. The minimum atomic E-state index is -1.90. The lowest BCUT2D eigenvalue weighted by Crippen LogP contribution is -2.48. The highest BCUT2D eigenvalue weighted by atomic mass is 79.9. The summed E-state index contributed by atoms with van der Waals surface area (Å²) in [6, 6.07) is 4.78. The summed E-state index contributed by atoms with van der Waals surface area (Å²) in [6.07, 6.45) is 0. The molecule has 0 unspecified atom stereocenters. The molecular weight excluding hydrogens is 407 g/mol. The summed E-state index contributed by atoms with van der Waals surface area (Å²) < 4.78 is 31.9. The fraction of sp³-hybridized carbons (Fsp3) is 0.647. The second-order valence-corrected chi connectivity index (χ2v) is 15.0. The summed E-state index contributed by atoms with van der Waals surface area (Å²) in [6.45, 7) is 13.6. The van der Waals surface area contributed by atoms with Gasteiger partial charge in [0, 0.05) is 0 Å². The van der Waals surface area contributed by atoms with Crippen LogP contribution in [0.2, 0.25) is 18.1 Å². The van der Waals surface area contributed by atoms with Crippen molar-refractivity contribution in [1.82, 2.24) is 4.98 Å². The van der Waals surface area contributed by atoms with Gasteiger partial charge in [-0.15, -0.1) is 0 Å². The van der Waals surface area contributed by atoms with Crippen LogP contribution in [0.5, 0.6) is 0 Å². The van der Waals surface area contributed by atoms with E-state index in [0.29, 0.717) is 10.3 Å². The molecule has 0 radical (unpaired) electrons. The Morgan fingerprint density at radius 2 is 1.79 bits per heavy atom. The molecule has 0 bridgehead atoms. The predicted molar refractivity (Wildman–Crippen MR) is 109 cm³/mol. The van der Waals surface area contributed by atoms with Gasteiger partial charge >= 0.3 is 0 Å². The van der Waals surface area contributed by atoms with E-state index in [0.717, 1.165) is 23.3 Å². The molecule has 24 heavy (non-hydrogen) atoms. The van der Waals surface area contributed by atoms with Crippen molar-refractivity contribution in [3.05, 3.63) is 22.2 Å². The van der Waals surface area contributed by atoms with E-state index in [1.807, 2.05) is 26.8 Å². The lowest BCUT2D eigenvalue weighted by atomic mass is 10.2. The van der Waals surface area contributed by atoms with E-state index in [2.05, 4.69) is 46.1 Å². The molecule has 3 nitrogen and oxygen atoms in total. The molecule has 1 rings (SSSR count). The number of rotatable bonds is 6. The van der Waals surface area contributed by atoms with Crippen molar-refractivity contribution in [1.29, 1.82) is 0 Å². The smallest absolute Gasteiger partial charge is 0.150 e. The Morgan fingerprint density at radius 1 is 1.29 bits per heavy atom. The van der Waals surface area contributed by atoms with Crippen molar-refractivity contribution < 1.29 is 8.94 Å². The Morgan fingerprint density at radius 3 is 2.21 bits per heavy atom. The molecule has 0 aliphatic heterocycles. The van der Waals surface area contributed by atoms with E-state index in [1.54, 1.807) is 6.92 Å². The zero-order chi connectivity index (χ0) is 18.7. The molecule has 0 N–H and O–H groups in total. The monoisotopic (exact) mass is 434 g/mol. The van der Waals surface area contributed by atoms with Gasteiger partial charge in [-0.3, -0.25) is 0 Å². The molecule has 0 aliphatic carbocycles. The summed E-state index contributed by atoms with van der Waals surface area (Å²) in [5.74, 6) is -0.289. The van der Waals surface area contributed by atoms with E-state index < -0.39 is 24.2 Å². The van der Waals surface area contributed by atoms with Gasteiger partial charge in [-0.1, -0.05) is 43.3 Å². The quantitative estimate of drug-likeness (QED) is 0.274. The van der Waals surface area contributed by atoms with Crippen LogP contribution in [0.25, 0.3) is 0 Å². The largest absolute Gasteiger partial charge is 0.591 e. The highest BCUT2D eigenvalue weighted by Crippen LogP contribution is 2.25. The topological polar surface area (TPSA) is 48.3 Å². The van der Waals surface area contributed by atoms with Gasteiger partial charge in [0.15, 0.2) is 0 Å². The maximum absolute atomic E-state index is 15.3. The average Bonchev–Trinajstić information content (AvgIpc) is 2.51. The molecule has 0 amide bonds. The lowest BCUT2D eigenvalue weighted by molar-refractivity contribution is 0.561. The van der Waals surface area contributed by atoms with E-state index in [1.165, 1.54) is 0 Å². The van der Waals surface area contributed by atoms with Gasteiger partial charge in [0.05, 0.1) is 8.07 Å². The predicted octanol–water partition coefficient (Wildman–Crippen LogP) is 4.97. The number of hydrogen-bond donors (Lipinski definition) is 0. The van der Waals surface area contributed by atoms with Gasteiger partial charge in [-0.25, -0.2) is 9.37 Å². The van der Waals surface area contributed by atoms with Crippen molar-refractivity contribution in [2.75, 3.05) is 0 Å². The molecule has 0 fully saturated rings. The van der Waals surface area contributed by atoms with Gasteiger partial charge < -0.3 is 4.55 Å². The van der Waals surface area contributed by atoms with Crippen LogP contribution in [0.1, 0.15) is 54.2 Å². The molecule has 0 aromatic carbocycles. The SMILES string of the molecule is CC[Si](CC)(CC)c1cc(Br)nc(C(C)=N[S@@+]([O-])C(C)(C)C)c1F. The summed E-state index contributed by atoms with van der Waals surface area (Å²) in [5, 5.41) is 0.794. The molecule has 0 saturated carbocycles. The summed E-state index contributed by atoms with van der Waals surface area (Å²) in [5.41, 5.74) is 0.596. The third-order valence-electron chi connectivity index (χ3n) is 4.61. The number of hydrogen-bond acceptors (Lipinski definition) is 3. The number of halogens is 2. The highest BCUT2D eigenvalue weighted by molar-refractivity contribution is 9.10. The second-order valence-electron chi connectivity index (χ2n) is 7.03. The Kier molecular flexibility index (Phi) is 7.65.